The maximum absolute atomic E-state index is 13.4. The summed E-state index contributed by atoms with van der Waals surface area (Å²) in [5, 5.41) is 2.60. The zero-order chi connectivity index (χ0) is 13.8. The quantitative estimate of drug-likeness (QED) is 0.923. The Labute approximate surface area is 109 Å². The highest BCUT2D eigenvalue weighted by Gasteiger charge is 2.17. The molecule has 0 aliphatic rings. The van der Waals surface area contributed by atoms with E-state index >= 15 is 0 Å². The van der Waals surface area contributed by atoms with E-state index in [1.807, 2.05) is 0 Å². The lowest BCUT2D eigenvalue weighted by atomic mass is 10.1. The number of hydrogen-bond acceptors (Lipinski definition) is 2. The first-order valence-electron chi connectivity index (χ1n) is 5.85. The molecule has 0 saturated heterocycles. The van der Waals surface area contributed by atoms with Gasteiger partial charge in [-0.1, -0.05) is 6.07 Å². The molecule has 19 heavy (non-hydrogen) atoms. The second kappa shape index (κ2) is 5.65. The Morgan fingerprint density at radius 1 is 1.32 bits per heavy atom. The SMILES string of the molecule is CC(Cc1ccco1)NC(=O)c1cccc(F)c1F. The lowest BCUT2D eigenvalue weighted by Gasteiger charge is -2.13. The van der Waals surface area contributed by atoms with E-state index in [1.54, 1.807) is 19.1 Å². The topological polar surface area (TPSA) is 42.2 Å². The van der Waals surface area contributed by atoms with E-state index in [0.717, 1.165) is 6.07 Å². The number of rotatable bonds is 4. The summed E-state index contributed by atoms with van der Waals surface area (Å²) in [5.41, 5.74) is -0.300. The van der Waals surface area contributed by atoms with Gasteiger partial charge in [-0.15, -0.1) is 0 Å². The largest absolute Gasteiger partial charge is 0.469 e. The molecule has 0 bridgehead atoms. The fourth-order valence-electron chi connectivity index (χ4n) is 1.76. The second-order valence-electron chi connectivity index (χ2n) is 4.26. The second-order valence-corrected chi connectivity index (χ2v) is 4.26. The van der Waals surface area contributed by atoms with Crippen LogP contribution in [-0.2, 0) is 6.42 Å². The Balaban J connectivity index is 2.02. The van der Waals surface area contributed by atoms with Gasteiger partial charge in [0.15, 0.2) is 11.6 Å². The molecule has 0 spiro atoms. The summed E-state index contributed by atoms with van der Waals surface area (Å²) in [6.07, 6.45) is 2.02. The highest BCUT2D eigenvalue weighted by atomic mass is 19.2. The van der Waals surface area contributed by atoms with E-state index < -0.39 is 17.5 Å². The van der Waals surface area contributed by atoms with Gasteiger partial charge in [0.2, 0.25) is 0 Å². The summed E-state index contributed by atoms with van der Waals surface area (Å²) in [6, 6.07) is 6.79. The van der Waals surface area contributed by atoms with Crippen LogP contribution in [0.3, 0.4) is 0 Å². The zero-order valence-corrected chi connectivity index (χ0v) is 10.3. The van der Waals surface area contributed by atoms with Gasteiger partial charge in [0.25, 0.3) is 5.91 Å². The van der Waals surface area contributed by atoms with Crippen molar-refractivity contribution in [3.63, 3.8) is 0 Å². The Kier molecular flexibility index (Phi) is 3.94. The van der Waals surface area contributed by atoms with E-state index in [-0.39, 0.29) is 11.6 Å². The van der Waals surface area contributed by atoms with Crippen LogP contribution >= 0.6 is 0 Å². The molecule has 1 unspecified atom stereocenters. The number of furan rings is 1. The van der Waals surface area contributed by atoms with Gasteiger partial charge in [0, 0.05) is 12.5 Å². The minimum atomic E-state index is -1.13. The fourth-order valence-corrected chi connectivity index (χ4v) is 1.76. The van der Waals surface area contributed by atoms with Crippen molar-refractivity contribution in [3.8, 4) is 0 Å². The lowest BCUT2D eigenvalue weighted by Crippen LogP contribution is -2.34. The number of carbonyl (C=O) groups excluding carboxylic acids is 1. The maximum Gasteiger partial charge on any atom is 0.254 e. The Morgan fingerprint density at radius 3 is 2.79 bits per heavy atom. The first-order chi connectivity index (χ1) is 9.08. The molecule has 2 aromatic rings. The van der Waals surface area contributed by atoms with Crippen LogP contribution in [0.15, 0.2) is 41.0 Å². The summed E-state index contributed by atoms with van der Waals surface area (Å²) < 4.78 is 31.6. The van der Waals surface area contributed by atoms with Crippen LogP contribution in [0.5, 0.6) is 0 Å². The summed E-state index contributed by atoms with van der Waals surface area (Å²) >= 11 is 0. The average Bonchev–Trinajstić information content (AvgIpc) is 2.85. The van der Waals surface area contributed by atoms with E-state index in [9.17, 15) is 13.6 Å². The maximum atomic E-state index is 13.4. The van der Waals surface area contributed by atoms with Crippen molar-refractivity contribution >= 4 is 5.91 Å². The van der Waals surface area contributed by atoms with Gasteiger partial charge in [0.1, 0.15) is 5.76 Å². The normalized spacial score (nSPS) is 12.2. The molecule has 0 saturated carbocycles. The molecule has 1 amide bonds. The van der Waals surface area contributed by atoms with Crippen molar-refractivity contribution in [1.82, 2.24) is 5.32 Å². The standard InChI is InChI=1S/C14H13F2NO2/c1-9(8-10-4-3-7-19-10)17-14(18)11-5-2-6-12(15)13(11)16/h2-7,9H,8H2,1H3,(H,17,18). The molecule has 0 fully saturated rings. The third kappa shape index (κ3) is 3.19. The van der Waals surface area contributed by atoms with Gasteiger partial charge in [-0.05, 0) is 31.2 Å². The predicted octanol–water partition coefficient (Wildman–Crippen LogP) is 2.92. The Morgan fingerprint density at radius 2 is 2.11 bits per heavy atom. The number of halogens is 2. The molecule has 3 nitrogen and oxygen atoms in total. The van der Waals surface area contributed by atoms with Crippen molar-refractivity contribution in [2.75, 3.05) is 0 Å². The number of hydrogen-bond donors (Lipinski definition) is 1. The molecule has 0 aliphatic heterocycles. The van der Waals surface area contributed by atoms with E-state index in [4.69, 9.17) is 4.42 Å². The number of carbonyl (C=O) groups is 1. The first-order valence-corrected chi connectivity index (χ1v) is 5.85. The third-order valence-electron chi connectivity index (χ3n) is 2.66. The number of nitrogens with one attached hydrogen (secondary N) is 1. The van der Waals surface area contributed by atoms with Crippen molar-refractivity contribution in [1.29, 1.82) is 0 Å². The van der Waals surface area contributed by atoms with E-state index in [2.05, 4.69) is 5.32 Å². The first kappa shape index (κ1) is 13.3. The molecular weight excluding hydrogens is 252 g/mol. The fraction of sp³-hybridized carbons (Fsp3) is 0.214. The van der Waals surface area contributed by atoms with Crippen molar-refractivity contribution in [2.24, 2.45) is 0 Å². The van der Waals surface area contributed by atoms with E-state index in [1.165, 1.54) is 18.4 Å². The molecule has 5 heteroatoms. The molecule has 0 radical (unpaired) electrons. The number of benzene rings is 1. The molecule has 0 aliphatic carbocycles. The molecule has 100 valence electrons. The van der Waals surface area contributed by atoms with Crippen LogP contribution in [0.2, 0.25) is 0 Å². The summed E-state index contributed by atoms with van der Waals surface area (Å²) in [6.45, 7) is 1.76. The van der Waals surface area contributed by atoms with Gasteiger partial charge < -0.3 is 9.73 Å². The Hall–Kier alpha value is -2.17. The van der Waals surface area contributed by atoms with Gasteiger partial charge >= 0.3 is 0 Å². The monoisotopic (exact) mass is 265 g/mol. The molecule has 1 heterocycles. The van der Waals surface area contributed by atoms with Crippen molar-refractivity contribution in [3.05, 3.63) is 59.6 Å². The molecular formula is C14H13F2NO2. The molecule has 1 aromatic heterocycles. The Bertz CT molecular complexity index is 567. The minimum Gasteiger partial charge on any atom is -0.469 e. The highest BCUT2D eigenvalue weighted by Crippen LogP contribution is 2.12. The van der Waals surface area contributed by atoms with Gasteiger partial charge in [-0.25, -0.2) is 8.78 Å². The van der Waals surface area contributed by atoms with Crippen LogP contribution in [0, 0.1) is 11.6 Å². The van der Waals surface area contributed by atoms with Crippen molar-refractivity contribution < 1.29 is 18.0 Å². The van der Waals surface area contributed by atoms with Crippen molar-refractivity contribution in [2.45, 2.75) is 19.4 Å². The smallest absolute Gasteiger partial charge is 0.254 e. The van der Waals surface area contributed by atoms with Gasteiger partial charge in [-0.2, -0.15) is 0 Å². The van der Waals surface area contributed by atoms with Crippen LogP contribution in [-0.4, -0.2) is 11.9 Å². The van der Waals surface area contributed by atoms with Gasteiger partial charge in [-0.3, -0.25) is 4.79 Å². The van der Waals surface area contributed by atoms with Crippen LogP contribution in [0.1, 0.15) is 23.0 Å². The molecule has 1 atom stereocenters. The average molecular weight is 265 g/mol. The van der Waals surface area contributed by atoms with Crippen LogP contribution in [0.4, 0.5) is 8.78 Å². The zero-order valence-electron chi connectivity index (χ0n) is 10.3. The molecule has 1 aromatic carbocycles. The molecule has 2 rings (SSSR count). The number of amides is 1. The van der Waals surface area contributed by atoms with Crippen LogP contribution < -0.4 is 5.32 Å². The summed E-state index contributed by atoms with van der Waals surface area (Å²) in [7, 11) is 0. The van der Waals surface area contributed by atoms with E-state index in [0.29, 0.717) is 12.2 Å². The molecule has 1 N–H and O–H groups in total. The third-order valence-corrected chi connectivity index (χ3v) is 2.66. The predicted molar refractivity (Wildman–Crippen MR) is 65.7 cm³/mol. The van der Waals surface area contributed by atoms with Gasteiger partial charge in [0.05, 0.1) is 11.8 Å². The highest BCUT2D eigenvalue weighted by molar-refractivity contribution is 5.94. The lowest BCUT2D eigenvalue weighted by molar-refractivity contribution is 0.0934. The summed E-state index contributed by atoms with van der Waals surface area (Å²) in [4.78, 5) is 11.8. The summed E-state index contributed by atoms with van der Waals surface area (Å²) in [5.74, 6) is -2.10. The minimum absolute atomic E-state index is 0.249. The van der Waals surface area contributed by atoms with Crippen LogP contribution in [0.25, 0.3) is 0 Å².